The molecule has 1 heterocycles. The monoisotopic (exact) mass is 203 g/mol. The van der Waals surface area contributed by atoms with Gasteiger partial charge in [-0.05, 0) is 4.83 Å². The average molecular weight is 204 g/mol. The van der Waals surface area contributed by atoms with Crippen molar-refractivity contribution >= 4 is 22.0 Å². The highest BCUT2D eigenvalue weighted by Gasteiger charge is 2.19. The second kappa shape index (κ2) is 3.47. The Hall–Kier alpha value is -0.690. The van der Waals surface area contributed by atoms with E-state index >= 15 is 0 Å². The van der Waals surface area contributed by atoms with Gasteiger partial charge in [-0.15, -0.1) is 0 Å². The van der Waals surface area contributed by atoms with E-state index in [1.807, 2.05) is 0 Å². The van der Waals surface area contributed by atoms with Crippen LogP contribution in [0.3, 0.4) is 0 Å². The molecule has 0 atom stereocenters. The maximum atomic E-state index is 10.7. The summed E-state index contributed by atoms with van der Waals surface area (Å²) in [6.07, 6.45) is -0.268. The number of halogens is 1. The number of carbonyl (C=O) groups is 1. The molecule has 1 saturated heterocycles. The first kappa shape index (κ1) is 7.42. The van der Waals surface area contributed by atoms with Crippen LogP contribution in [-0.2, 0) is 4.74 Å². The number of nitrogens with zero attached hydrogens (tertiary/aromatic N) is 1. The van der Waals surface area contributed by atoms with Crippen molar-refractivity contribution in [1.82, 2.24) is 4.90 Å². The molecule has 4 heteroatoms. The Morgan fingerprint density at radius 1 is 1.80 bits per heavy atom. The zero-order chi connectivity index (χ0) is 7.40. The van der Waals surface area contributed by atoms with Gasteiger partial charge in [-0.1, -0.05) is 5.92 Å². The van der Waals surface area contributed by atoms with Crippen molar-refractivity contribution in [1.29, 1.82) is 0 Å². The molecule has 54 valence electrons. The normalized spacial score (nSPS) is 16.1. The van der Waals surface area contributed by atoms with Crippen LogP contribution in [0, 0.1) is 10.8 Å². The van der Waals surface area contributed by atoms with Crippen molar-refractivity contribution in [3.05, 3.63) is 0 Å². The van der Waals surface area contributed by atoms with Crippen LogP contribution < -0.4 is 0 Å². The molecule has 0 aromatic heterocycles. The molecule has 0 bridgehead atoms. The molecule has 0 aliphatic carbocycles. The van der Waals surface area contributed by atoms with E-state index in [-0.39, 0.29) is 6.09 Å². The predicted octanol–water partition coefficient (Wildman–Crippen LogP) is 0.794. The number of hydrogen-bond acceptors (Lipinski definition) is 2. The topological polar surface area (TPSA) is 29.5 Å². The molecule has 0 unspecified atom stereocenters. The van der Waals surface area contributed by atoms with Gasteiger partial charge in [-0.3, -0.25) is 4.90 Å². The lowest BCUT2D eigenvalue weighted by molar-refractivity contribution is 0.161. The van der Waals surface area contributed by atoms with Crippen molar-refractivity contribution in [2.24, 2.45) is 0 Å². The van der Waals surface area contributed by atoms with E-state index in [4.69, 9.17) is 0 Å². The first-order valence-corrected chi connectivity index (χ1v) is 3.64. The highest BCUT2D eigenvalue weighted by Crippen LogP contribution is 2.00. The number of rotatable bonds is 1. The number of carbonyl (C=O) groups excluding carboxylic acids is 1. The van der Waals surface area contributed by atoms with E-state index in [9.17, 15) is 4.79 Å². The fourth-order valence-corrected chi connectivity index (χ4v) is 0.820. The predicted molar refractivity (Wildman–Crippen MR) is 39.6 cm³/mol. The van der Waals surface area contributed by atoms with Crippen LogP contribution in [0.2, 0.25) is 0 Å². The minimum Gasteiger partial charge on any atom is -0.448 e. The van der Waals surface area contributed by atoms with E-state index in [0.717, 1.165) is 0 Å². The van der Waals surface area contributed by atoms with Crippen LogP contribution in [0.25, 0.3) is 0 Å². The number of hydrogen-bond donors (Lipinski definition) is 0. The zero-order valence-corrected chi connectivity index (χ0v) is 6.85. The van der Waals surface area contributed by atoms with Crippen LogP contribution in [0.15, 0.2) is 0 Å². The Bertz CT molecular complexity index is 194. The first-order valence-electron chi connectivity index (χ1n) is 2.85. The van der Waals surface area contributed by atoms with Crippen molar-refractivity contribution in [2.75, 3.05) is 19.7 Å². The smallest absolute Gasteiger partial charge is 0.410 e. The molecule has 0 spiro atoms. The summed E-state index contributed by atoms with van der Waals surface area (Å²) in [5.41, 5.74) is 0. The summed E-state index contributed by atoms with van der Waals surface area (Å²) in [5.74, 6) is 2.71. The van der Waals surface area contributed by atoms with Crippen molar-refractivity contribution in [2.45, 2.75) is 0 Å². The van der Waals surface area contributed by atoms with Gasteiger partial charge in [0, 0.05) is 15.9 Å². The van der Waals surface area contributed by atoms with E-state index in [0.29, 0.717) is 19.7 Å². The Morgan fingerprint density at radius 3 is 3.10 bits per heavy atom. The maximum Gasteiger partial charge on any atom is 0.410 e. The molecule has 1 fully saturated rings. The number of ether oxygens (including phenoxy) is 1. The molecular formula is C6H6BrNO2. The van der Waals surface area contributed by atoms with Crippen LogP contribution in [0.4, 0.5) is 4.79 Å². The van der Waals surface area contributed by atoms with Gasteiger partial charge in [0.05, 0.1) is 13.1 Å². The first-order chi connectivity index (χ1) is 4.84. The Balaban J connectivity index is 2.38. The molecule has 0 saturated carbocycles. The molecule has 1 amide bonds. The van der Waals surface area contributed by atoms with E-state index < -0.39 is 0 Å². The van der Waals surface area contributed by atoms with Crippen molar-refractivity contribution < 1.29 is 9.53 Å². The van der Waals surface area contributed by atoms with Crippen LogP contribution in [0.5, 0.6) is 0 Å². The molecule has 1 aliphatic rings. The van der Waals surface area contributed by atoms with Gasteiger partial charge in [0.15, 0.2) is 0 Å². The summed E-state index contributed by atoms with van der Waals surface area (Å²) in [4.78, 5) is 14.8. The second-order valence-electron chi connectivity index (χ2n) is 1.81. The summed E-state index contributed by atoms with van der Waals surface area (Å²) in [6, 6.07) is 0. The lowest BCUT2D eigenvalue weighted by Crippen LogP contribution is -2.24. The molecular weight excluding hydrogens is 198 g/mol. The summed E-state index contributed by atoms with van der Waals surface area (Å²) >= 11 is 2.94. The Kier molecular flexibility index (Phi) is 2.57. The standard InChI is InChI=1S/C6H6BrNO2/c7-2-1-3-8-4-5-10-6(8)9/h3-5H2. The van der Waals surface area contributed by atoms with Gasteiger partial charge in [0.1, 0.15) is 6.61 Å². The van der Waals surface area contributed by atoms with Gasteiger partial charge in [-0.2, -0.15) is 0 Å². The molecule has 10 heavy (non-hydrogen) atoms. The number of amides is 1. The third-order valence-electron chi connectivity index (χ3n) is 1.18. The maximum absolute atomic E-state index is 10.7. The average Bonchev–Trinajstić information content (AvgIpc) is 2.31. The Morgan fingerprint density at radius 2 is 2.60 bits per heavy atom. The molecule has 0 aromatic rings. The third kappa shape index (κ3) is 1.64. The highest BCUT2D eigenvalue weighted by molar-refractivity contribution is 9.12. The van der Waals surface area contributed by atoms with E-state index in [1.54, 1.807) is 4.90 Å². The largest absolute Gasteiger partial charge is 0.448 e. The second-order valence-corrected chi connectivity index (χ2v) is 2.20. The summed E-state index contributed by atoms with van der Waals surface area (Å²) < 4.78 is 4.67. The molecule has 0 N–H and O–H groups in total. The van der Waals surface area contributed by atoms with Crippen LogP contribution in [0.1, 0.15) is 0 Å². The van der Waals surface area contributed by atoms with Crippen molar-refractivity contribution in [3.8, 4) is 10.8 Å². The fraction of sp³-hybridized carbons (Fsp3) is 0.500. The highest BCUT2D eigenvalue weighted by atomic mass is 79.9. The van der Waals surface area contributed by atoms with Gasteiger partial charge < -0.3 is 4.74 Å². The lowest BCUT2D eigenvalue weighted by atomic mass is 10.5. The summed E-state index contributed by atoms with van der Waals surface area (Å²) in [6.45, 7) is 1.59. The van der Waals surface area contributed by atoms with Crippen LogP contribution >= 0.6 is 15.9 Å². The van der Waals surface area contributed by atoms with E-state index in [1.165, 1.54) is 0 Å². The summed E-state index contributed by atoms with van der Waals surface area (Å²) in [7, 11) is 0. The Labute approximate surface area is 67.5 Å². The van der Waals surface area contributed by atoms with Gasteiger partial charge in [0.25, 0.3) is 0 Å². The summed E-state index contributed by atoms with van der Waals surface area (Å²) in [5, 5.41) is 0. The van der Waals surface area contributed by atoms with Crippen LogP contribution in [-0.4, -0.2) is 30.7 Å². The quantitative estimate of drug-likeness (QED) is 0.591. The molecule has 0 aromatic carbocycles. The number of cyclic esters (lactones) is 1. The van der Waals surface area contributed by atoms with Gasteiger partial charge in [0.2, 0.25) is 0 Å². The minimum atomic E-state index is -0.268. The molecule has 0 radical (unpaired) electrons. The zero-order valence-electron chi connectivity index (χ0n) is 5.26. The van der Waals surface area contributed by atoms with Gasteiger partial charge >= 0.3 is 6.09 Å². The minimum absolute atomic E-state index is 0.268. The lowest BCUT2D eigenvalue weighted by Gasteiger charge is -2.05. The van der Waals surface area contributed by atoms with E-state index in [2.05, 4.69) is 31.4 Å². The SMILES string of the molecule is O=C1OCCN1CC#CBr. The van der Waals surface area contributed by atoms with Crippen molar-refractivity contribution in [3.63, 3.8) is 0 Å². The fourth-order valence-electron chi connectivity index (χ4n) is 0.695. The molecule has 1 aliphatic heterocycles. The third-order valence-corrected chi connectivity index (χ3v) is 1.46. The molecule has 3 nitrogen and oxygen atoms in total. The molecule has 1 rings (SSSR count). The van der Waals surface area contributed by atoms with Gasteiger partial charge in [-0.25, -0.2) is 4.79 Å².